The minimum absolute atomic E-state index is 0.00514. The molecule has 1 aliphatic heterocycles. The number of carbonyl (C=O) groups is 1. The largest absolute Gasteiger partial charge is 0.364 e. The number of rotatable bonds is 3. The third kappa shape index (κ3) is 3.80. The molecule has 1 aromatic rings. The van der Waals surface area contributed by atoms with Gasteiger partial charge in [-0.25, -0.2) is 0 Å². The molecule has 0 bridgehead atoms. The van der Waals surface area contributed by atoms with Crippen LogP contribution in [-0.4, -0.2) is 37.7 Å². The predicted molar refractivity (Wildman–Crippen MR) is 94.4 cm³/mol. The lowest BCUT2D eigenvalue weighted by Crippen LogP contribution is -3.16. The summed E-state index contributed by atoms with van der Waals surface area (Å²) in [7, 11) is 0. The summed E-state index contributed by atoms with van der Waals surface area (Å²) < 4.78 is 5.72. The first-order valence-corrected chi connectivity index (χ1v) is 9.61. The minimum atomic E-state index is -0.00514. The van der Waals surface area contributed by atoms with E-state index in [0.717, 1.165) is 42.9 Å². The van der Waals surface area contributed by atoms with E-state index in [1.807, 2.05) is 0 Å². The molecule has 1 aliphatic carbocycles. The Kier molecular flexibility index (Phi) is 5.24. The number of hydrogen-bond donors (Lipinski definition) is 2. The predicted octanol–water partition coefficient (Wildman–Crippen LogP) is 1.38. The van der Waals surface area contributed by atoms with E-state index < -0.39 is 0 Å². The summed E-state index contributed by atoms with van der Waals surface area (Å²) in [6.45, 7) is 8.48. The number of fused-ring (bicyclic) bond motifs is 1. The molecule has 0 spiro atoms. The first kappa shape index (κ1) is 17.4. The van der Waals surface area contributed by atoms with Gasteiger partial charge in [0.05, 0.1) is 5.56 Å². The Morgan fingerprint density at radius 2 is 2.08 bits per heavy atom. The van der Waals surface area contributed by atoms with Crippen LogP contribution in [0.1, 0.15) is 43.2 Å². The lowest BCUT2D eigenvalue weighted by Gasteiger charge is -2.31. The van der Waals surface area contributed by atoms with Crippen molar-refractivity contribution in [2.24, 2.45) is 5.92 Å². The first-order valence-electron chi connectivity index (χ1n) is 8.79. The van der Waals surface area contributed by atoms with E-state index in [9.17, 15) is 10.1 Å². The Hall–Kier alpha value is -1.42. The summed E-state index contributed by atoms with van der Waals surface area (Å²) in [6.07, 6.45) is 3.46. The highest BCUT2D eigenvalue weighted by Gasteiger charge is 2.29. The van der Waals surface area contributed by atoms with Crippen LogP contribution in [0.15, 0.2) is 0 Å². The Labute approximate surface area is 147 Å². The van der Waals surface area contributed by atoms with E-state index >= 15 is 0 Å². The lowest BCUT2D eigenvalue weighted by atomic mass is 9.89. The average molecular weight is 348 g/mol. The van der Waals surface area contributed by atoms with Crippen LogP contribution < -0.4 is 10.2 Å². The molecule has 2 heterocycles. The van der Waals surface area contributed by atoms with Gasteiger partial charge in [0.2, 0.25) is 0 Å². The maximum Gasteiger partial charge on any atom is 0.280 e. The maximum absolute atomic E-state index is 12.5. The number of anilines is 1. The molecule has 2 aliphatic rings. The Balaban J connectivity index is 1.67. The zero-order chi connectivity index (χ0) is 17.3. The molecule has 0 aromatic carbocycles. The molecule has 4 atom stereocenters. The van der Waals surface area contributed by atoms with Gasteiger partial charge in [-0.05, 0) is 44.6 Å². The second kappa shape index (κ2) is 7.22. The molecule has 0 radical (unpaired) electrons. The van der Waals surface area contributed by atoms with Crippen LogP contribution in [0.25, 0.3) is 0 Å². The molecule has 0 saturated carbocycles. The molecule has 1 saturated heterocycles. The Morgan fingerprint density at radius 3 is 2.75 bits per heavy atom. The monoisotopic (exact) mass is 348 g/mol. The van der Waals surface area contributed by atoms with Crippen LogP contribution >= 0.6 is 11.3 Å². The van der Waals surface area contributed by atoms with E-state index in [0.29, 0.717) is 18.0 Å². The molecule has 6 heteroatoms. The van der Waals surface area contributed by atoms with Gasteiger partial charge in [0, 0.05) is 4.88 Å². The van der Waals surface area contributed by atoms with Gasteiger partial charge in [-0.2, -0.15) is 5.26 Å². The molecular weight excluding hydrogens is 322 g/mol. The number of morpholine rings is 1. The fourth-order valence-electron chi connectivity index (χ4n) is 3.89. The zero-order valence-electron chi connectivity index (χ0n) is 14.6. The molecule has 2 N–H and O–H groups in total. The second-order valence-electron chi connectivity index (χ2n) is 7.31. The molecule has 3 rings (SSSR count). The molecule has 1 unspecified atom stereocenters. The average Bonchev–Trinajstić information content (AvgIpc) is 2.81. The summed E-state index contributed by atoms with van der Waals surface area (Å²) in [5, 5.41) is 13.3. The van der Waals surface area contributed by atoms with E-state index in [2.05, 4.69) is 32.2 Å². The van der Waals surface area contributed by atoms with Gasteiger partial charge in [-0.3, -0.25) is 4.79 Å². The van der Waals surface area contributed by atoms with Gasteiger partial charge >= 0.3 is 0 Å². The van der Waals surface area contributed by atoms with Crippen LogP contribution in [0.5, 0.6) is 0 Å². The van der Waals surface area contributed by atoms with Crippen molar-refractivity contribution in [3.05, 3.63) is 16.0 Å². The summed E-state index contributed by atoms with van der Waals surface area (Å²) in [5.74, 6) is 0.654. The third-order valence-corrected chi connectivity index (χ3v) is 6.07. The van der Waals surface area contributed by atoms with Crippen LogP contribution in [0.2, 0.25) is 0 Å². The number of thiophene rings is 1. The molecule has 5 nitrogen and oxygen atoms in total. The van der Waals surface area contributed by atoms with Crippen molar-refractivity contribution in [1.29, 1.82) is 5.26 Å². The first-order chi connectivity index (χ1) is 11.5. The highest BCUT2D eigenvalue weighted by atomic mass is 32.1. The van der Waals surface area contributed by atoms with Gasteiger partial charge in [-0.1, -0.05) is 6.92 Å². The normalized spacial score (nSPS) is 29.6. The number of carbonyl (C=O) groups excluding carboxylic acids is 1. The minimum Gasteiger partial charge on any atom is -0.364 e. The second-order valence-corrected chi connectivity index (χ2v) is 8.41. The van der Waals surface area contributed by atoms with Crippen LogP contribution in [0, 0.1) is 17.2 Å². The summed E-state index contributed by atoms with van der Waals surface area (Å²) in [6, 6.07) is 2.31. The fraction of sp³-hybridized carbons (Fsp3) is 0.667. The lowest BCUT2D eigenvalue weighted by molar-refractivity contribution is -0.907. The maximum atomic E-state index is 12.5. The standard InChI is InChI=1S/C18H25N3O2S/c1-11-4-5-14-15(7-19)18(24-16(14)6-11)20-17(22)10-21-8-12(2)23-13(3)9-21/h11-13H,4-6,8-10H2,1-3H3,(H,20,22)/p+1/t11-,12-,13+/m1/s1. The van der Waals surface area contributed by atoms with Gasteiger partial charge in [-0.15, -0.1) is 11.3 Å². The van der Waals surface area contributed by atoms with Crippen molar-refractivity contribution in [1.82, 2.24) is 0 Å². The number of nitriles is 1. The van der Waals surface area contributed by atoms with Crippen LogP contribution in [0.3, 0.4) is 0 Å². The Morgan fingerprint density at radius 1 is 1.38 bits per heavy atom. The number of nitrogens with zero attached hydrogens (tertiary/aromatic N) is 1. The number of hydrogen-bond acceptors (Lipinski definition) is 4. The smallest absolute Gasteiger partial charge is 0.280 e. The highest BCUT2D eigenvalue weighted by Crippen LogP contribution is 2.39. The molecule has 1 fully saturated rings. The van der Waals surface area contributed by atoms with Crippen molar-refractivity contribution < 1.29 is 14.4 Å². The van der Waals surface area contributed by atoms with E-state index in [1.165, 1.54) is 9.78 Å². The van der Waals surface area contributed by atoms with Crippen molar-refractivity contribution in [3.8, 4) is 6.07 Å². The van der Waals surface area contributed by atoms with Crippen molar-refractivity contribution >= 4 is 22.2 Å². The van der Waals surface area contributed by atoms with Gasteiger partial charge < -0.3 is 15.0 Å². The molecular formula is C18H26N3O2S+. The summed E-state index contributed by atoms with van der Waals surface area (Å²) in [5.41, 5.74) is 1.85. The third-order valence-electron chi connectivity index (χ3n) is 4.90. The van der Waals surface area contributed by atoms with Crippen molar-refractivity contribution in [2.45, 2.75) is 52.2 Å². The summed E-state index contributed by atoms with van der Waals surface area (Å²) >= 11 is 1.59. The number of amides is 1. The number of quaternary nitrogens is 1. The fourth-order valence-corrected chi connectivity index (χ4v) is 5.27. The molecule has 130 valence electrons. The molecule has 24 heavy (non-hydrogen) atoms. The van der Waals surface area contributed by atoms with E-state index in [1.54, 1.807) is 11.3 Å². The van der Waals surface area contributed by atoms with Crippen LogP contribution in [0.4, 0.5) is 5.00 Å². The topological polar surface area (TPSA) is 66.6 Å². The van der Waals surface area contributed by atoms with E-state index in [4.69, 9.17) is 4.74 Å². The van der Waals surface area contributed by atoms with Gasteiger partial charge in [0.1, 0.15) is 36.4 Å². The highest BCUT2D eigenvalue weighted by molar-refractivity contribution is 7.16. The number of nitrogens with one attached hydrogen (secondary N) is 2. The number of ether oxygens (including phenoxy) is 1. The van der Waals surface area contributed by atoms with Gasteiger partial charge in [0.25, 0.3) is 5.91 Å². The quantitative estimate of drug-likeness (QED) is 0.867. The molecule has 1 amide bonds. The zero-order valence-corrected chi connectivity index (χ0v) is 15.5. The van der Waals surface area contributed by atoms with Crippen LogP contribution in [-0.2, 0) is 22.4 Å². The van der Waals surface area contributed by atoms with Crippen molar-refractivity contribution in [2.75, 3.05) is 25.0 Å². The summed E-state index contributed by atoms with van der Waals surface area (Å²) in [4.78, 5) is 15.0. The van der Waals surface area contributed by atoms with Crippen molar-refractivity contribution in [3.63, 3.8) is 0 Å². The Bertz CT molecular complexity index is 654. The SMILES string of the molecule is C[C@@H]1CCc2c(sc(NC(=O)C[NH+]3C[C@@H](C)O[C@@H](C)C3)c2C#N)C1. The van der Waals surface area contributed by atoms with Gasteiger partial charge in [0.15, 0.2) is 6.54 Å². The molecule has 1 aromatic heterocycles. The van der Waals surface area contributed by atoms with E-state index in [-0.39, 0.29) is 18.1 Å².